The first-order valence-electron chi connectivity index (χ1n) is 4.80. The van der Waals surface area contributed by atoms with Gasteiger partial charge < -0.3 is 0 Å². The van der Waals surface area contributed by atoms with Crippen molar-refractivity contribution in [1.82, 2.24) is 9.78 Å². The lowest BCUT2D eigenvalue weighted by atomic mass is 10.0. The van der Waals surface area contributed by atoms with E-state index in [1.54, 1.807) is 10.9 Å². The minimum atomic E-state index is 0.248. The molecular weight excluding hydrogens is 198 g/mol. The second-order valence-electron chi connectivity index (χ2n) is 3.27. The van der Waals surface area contributed by atoms with Gasteiger partial charge in [-0.2, -0.15) is 10.4 Å². The Kier molecular flexibility index (Phi) is 2.71. The van der Waals surface area contributed by atoms with Crippen molar-refractivity contribution in [2.45, 2.75) is 6.54 Å². The van der Waals surface area contributed by atoms with E-state index in [4.69, 9.17) is 11.7 Å². The molecule has 76 valence electrons. The third-order valence-electron chi connectivity index (χ3n) is 2.26. The SMILES string of the molecule is C#Cc1ccccc1-c1cnn(CC#N)c1. The number of terminal acetylenes is 1. The van der Waals surface area contributed by atoms with Crippen LogP contribution in [0.25, 0.3) is 11.1 Å². The van der Waals surface area contributed by atoms with Gasteiger partial charge in [-0.15, -0.1) is 6.42 Å². The number of rotatable bonds is 2. The summed E-state index contributed by atoms with van der Waals surface area (Å²) in [5, 5.41) is 12.6. The zero-order valence-electron chi connectivity index (χ0n) is 8.59. The highest BCUT2D eigenvalue weighted by Gasteiger charge is 2.04. The Hall–Kier alpha value is -2.52. The molecule has 0 aliphatic rings. The fraction of sp³-hybridized carbons (Fsp3) is 0.0769. The minimum absolute atomic E-state index is 0.248. The number of aromatic nitrogens is 2. The van der Waals surface area contributed by atoms with Gasteiger partial charge in [0.05, 0.1) is 12.3 Å². The van der Waals surface area contributed by atoms with Crippen LogP contribution in [0, 0.1) is 23.7 Å². The van der Waals surface area contributed by atoms with Gasteiger partial charge in [-0.05, 0) is 6.07 Å². The molecule has 2 rings (SSSR count). The Morgan fingerprint density at radius 1 is 1.38 bits per heavy atom. The molecular formula is C13H9N3. The molecule has 1 heterocycles. The average molecular weight is 207 g/mol. The molecule has 0 bridgehead atoms. The first-order chi connectivity index (χ1) is 7.85. The van der Waals surface area contributed by atoms with E-state index in [0.717, 1.165) is 16.7 Å². The summed E-state index contributed by atoms with van der Waals surface area (Å²) >= 11 is 0. The van der Waals surface area contributed by atoms with Crippen LogP contribution in [0.4, 0.5) is 0 Å². The smallest absolute Gasteiger partial charge is 0.128 e. The van der Waals surface area contributed by atoms with Crippen molar-refractivity contribution in [3.63, 3.8) is 0 Å². The average Bonchev–Trinajstić information content (AvgIpc) is 2.78. The van der Waals surface area contributed by atoms with E-state index < -0.39 is 0 Å². The summed E-state index contributed by atoms with van der Waals surface area (Å²) in [6.07, 6.45) is 8.96. The van der Waals surface area contributed by atoms with E-state index in [1.165, 1.54) is 0 Å². The Morgan fingerprint density at radius 2 is 2.19 bits per heavy atom. The van der Waals surface area contributed by atoms with E-state index >= 15 is 0 Å². The lowest BCUT2D eigenvalue weighted by Crippen LogP contribution is -1.94. The molecule has 0 saturated carbocycles. The van der Waals surface area contributed by atoms with Crippen LogP contribution >= 0.6 is 0 Å². The Morgan fingerprint density at radius 3 is 2.94 bits per heavy atom. The van der Waals surface area contributed by atoms with E-state index in [0.29, 0.717) is 0 Å². The summed E-state index contributed by atoms with van der Waals surface area (Å²) in [6.45, 7) is 0.248. The van der Waals surface area contributed by atoms with Crippen molar-refractivity contribution >= 4 is 0 Å². The second-order valence-corrected chi connectivity index (χ2v) is 3.27. The van der Waals surface area contributed by atoms with Crippen LogP contribution in [-0.4, -0.2) is 9.78 Å². The zero-order valence-corrected chi connectivity index (χ0v) is 8.59. The summed E-state index contributed by atoms with van der Waals surface area (Å²) in [5.74, 6) is 2.63. The molecule has 1 aromatic carbocycles. The van der Waals surface area contributed by atoms with Crippen LogP contribution in [0.2, 0.25) is 0 Å². The van der Waals surface area contributed by atoms with E-state index in [2.05, 4.69) is 11.0 Å². The van der Waals surface area contributed by atoms with Gasteiger partial charge in [0.15, 0.2) is 0 Å². The summed E-state index contributed by atoms with van der Waals surface area (Å²) in [4.78, 5) is 0. The molecule has 0 radical (unpaired) electrons. The predicted octanol–water partition coefficient (Wildman–Crippen LogP) is 2.05. The van der Waals surface area contributed by atoms with Gasteiger partial charge in [-0.25, -0.2) is 0 Å². The van der Waals surface area contributed by atoms with Crippen LogP contribution in [-0.2, 0) is 6.54 Å². The molecule has 3 heteroatoms. The standard InChI is InChI=1S/C13H9N3/c1-2-11-5-3-4-6-13(11)12-9-15-16(10-12)8-7-14/h1,3-6,9-10H,8H2. The quantitative estimate of drug-likeness (QED) is 0.707. The molecule has 0 N–H and O–H groups in total. The van der Waals surface area contributed by atoms with Crippen LogP contribution < -0.4 is 0 Å². The maximum absolute atomic E-state index is 8.56. The van der Waals surface area contributed by atoms with Crippen LogP contribution in [0.15, 0.2) is 36.7 Å². The van der Waals surface area contributed by atoms with Gasteiger partial charge in [-0.1, -0.05) is 24.1 Å². The Balaban J connectivity index is 2.44. The monoisotopic (exact) mass is 207 g/mol. The fourth-order valence-corrected chi connectivity index (χ4v) is 1.52. The van der Waals surface area contributed by atoms with Gasteiger partial charge in [0.2, 0.25) is 0 Å². The zero-order chi connectivity index (χ0) is 11.4. The molecule has 0 spiro atoms. The lowest BCUT2D eigenvalue weighted by molar-refractivity contribution is 0.710. The van der Waals surface area contributed by atoms with Gasteiger partial charge in [-0.3, -0.25) is 4.68 Å². The van der Waals surface area contributed by atoms with Crippen molar-refractivity contribution in [3.05, 3.63) is 42.2 Å². The highest BCUT2D eigenvalue weighted by atomic mass is 15.3. The van der Waals surface area contributed by atoms with Crippen molar-refractivity contribution in [2.75, 3.05) is 0 Å². The molecule has 0 fully saturated rings. The molecule has 16 heavy (non-hydrogen) atoms. The summed E-state index contributed by atoms with van der Waals surface area (Å²) in [6, 6.07) is 9.70. The summed E-state index contributed by atoms with van der Waals surface area (Å²) in [5.41, 5.74) is 2.73. The second kappa shape index (κ2) is 4.33. The van der Waals surface area contributed by atoms with Crippen LogP contribution in [0.3, 0.4) is 0 Å². The molecule has 0 unspecified atom stereocenters. The van der Waals surface area contributed by atoms with E-state index in [1.807, 2.05) is 36.5 Å². The molecule has 0 aliphatic heterocycles. The van der Waals surface area contributed by atoms with Crippen LogP contribution in [0.5, 0.6) is 0 Å². The van der Waals surface area contributed by atoms with Gasteiger partial charge >= 0.3 is 0 Å². The number of nitriles is 1. The maximum Gasteiger partial charge on any atom is 0.128 e. The normalized spacial score (nSPS) is 9.38. The number of benzene rings is 1. The molecule has 0 saturated heterocycles. The van der Waals surface area contributed by atoms with Gasteiger partial charge in [0.25, 0.3) is 0 Å². The molecule has 2 aromatic rings. The van der Waals surface area contributed by atoms with Crippen LogP contribution in [0.1, 0.15) is 5.56 Å². The van der Waals surface area contributed by atoms with Gasteiger partial charge in [0.1, 0.15) is 6.54 Å². The largest absolute Gasteiger partial charge is 0.258 e. The Labute approximate surface area is 93.9 Å². The molecule has 0 aliphatic carbocycles. The molecule has 0 atom stereocenters. The predicted molar refractivity (Wildman–Crippen MR) is 61.2 cm³/mol. The minimum Gasteiger partial charge on any atom is -0.258 e. The maximum atomic E-state index is 8.56. The fourth-order valence-electron chi connectivity index (χ4n) is 1.52. The highest BCUT2D eigenvalue weighted by molar-refractivity contribution is 5.69. The topological polar surface area (TPSA) is 41.6 Å². The lowest BCUT2D eigenvalue weighted by Gasteiger charge is -2.00. The third kappa shape index (κ3) is 1.80. The number of hydrogen-bond donors (Lipinski definition) is 0. The molecule has 1 aromatic heterocycles. The van der Waals surface area contributed by atoms with E-state index in [-0.39, 0.29) is 6.54 Å². The van der Waals surface area contributed by atoms with Crippen molar-refractivity contribution in [1.29, 1.82) is 5.26 Å². The first kappa shape index (κ1) is 10.0. The highest BCUT2D eigenvalue weighted by Crippen LogP contribution is 2.22. The third-order valence-corrected chi connectivity index (χ3v) is 2.26. The molecule has 0 amide bonds. The number of nitrogens with zero attached hydrogens (tertiary/aromatic N) is 3. The number of hydrogen-bond acceptors (Lipinski definition) is 2. The van der Waals surface area contributed by atoms with Crippen molar-refractivity contribution < 1.29 is 0 Å². The van der Waals surface area contributed by atoms with Crippen molar-refractivity contribution in [3.8, 4) is 29.5 Å². The van der Waals surface area contributed by atoms with Crippen molar-refractivity contribution in [2.24, 2.45) is 0 Å². The molecule has 3 nitrogen and oxygen atoms in total. The van der Waals surface area contributed by atoms with E-state index in [9.17, 15) is 0 Å². The Bertz CT molecular complexity index is 582. The summed E-state index contributed by atoms with van der Waals surface area (Å²) < 4.78 is 1.59. The first-order valence-corrected chi connectivity index (χ1v) is 4.80. The van der Waals surface area contributed by atoms with Gasteiger partial charge in [0, 0.05) is 22.9 Å². The summed E-state index contributed by atoms with van der Waals surface area (Å²) in [7, 11) is 0.